The van der Waals surface area contributed by atoms with Gasteiger partial charge in [-0.15, -0.1) is 0 Å². The smallest absolute Gasteiger partial charge is 0.199 e. The van der Waals surface area contributed by atoms with Crippen molar-refractivity contribution in [1.29, 1.82) is 0 Å². The van der Waals surface area contributed by atoms with Crippen LogP contribution in [0.15, 0.2) is 72.9 Å². The first-order valence-electron chi connectivity index (χ1n) is 11.0. The normalized spacial score (nSPS) is 15.3. The Morgan fingerprint density at radius 3 is 2.35 bits per heavy atom. The van der Waals surface area contributed by atoms with Crippen molar-refractivity contribution in [3.05, 3.63) is 89.9 Å². The number of aromatic nitrogens is 4. The first-order chi connectivity index (χ1) is 15.2. The number of H-pyrrole nitrogens is 1. The Bertz CT molecular complexity index is 1110. The molecule has 5 heteroatoms. The molecule has 0 aliphatic carbocycles. The molecular formula is C26H27N5. The van der Waals surface area contributed by atoms with Gasteiger partial charge in [-0.1, -0.05) is 60.7 Å². The van der Waals surface area contributed by atoms with Gasteiger partial charge in [0, 0.05) is 18.7 Å². The molecule has 1 N–H and O–H groups in total. The highest BCUT2D eigenvalue weighted by atomic mass is 15.2. The molecule has 31 heavy (non-hydrogen) atoms. The quantitative estimate of drug-likeness (QED) is 0.491. The number of piperidine rings is 1. The van der Waals surface area contributed by atoms with Crippen LogP contribution in [0.5, 0.6) is 0 Å². The highest BCUT2D eigenvalue weighted by molar-refractivity contribution is 5.63. The second-order valence-corrected chi connectivity index (χ2v) is 8.38. The van der Waals surface area contributed by atoms with E-state index in [1.807, 2.05) is 25.3 Å². The van der Waals surface area contributed by atoms with Crippen molar-refractivity contribution in [2.45, 2.75) is 32.2 Å². The first kappa shape index (κ1) is 19.6. The summed E-state index contributed by atoms with van der Waals surface area (Å²) in [5, 5.41) is 7.55. The third-order valence-corrected chi connectivity index (χ3v) is 6.08. The van der Waals surface area contributed by atoms with E-state index in [9.17, 15) is 0 Å². The minimum Gasteiger partial charge on any atom is -0.299 e. The van der Waals surface area contributed by atoms with Crippen LogP contribution in [0, 0.1) is 6.92 Å². The second-order valence-electron chi connectivity index (χ2n) is 8.38. The Morgan fingerprint density at radius 1 is 0.903 bits per heavy atom. The molecule has 0 unspecified atom stereocenters. The number of hydrogen-bond acceptors (Lipinski definition) is 4. The molecule has 5 rings (SSSR count). The Balaban J connectivity index is 1.17. The zero-order chi connectivity index (χ0) is 21.0. The highest BCUT2D eigenvalue weighted by Crippen LogP contribution is 2.28. The van der Waals surface area contributed by atoms with E-state index < -0.39 is 0 Å². The zero-order valence-corrected chi connectivity index (χ0v) is 17.8. The average molecular weight is 410 g/mol. The summed E-state index contributed by atoms with van der Waals surface area (Å²) in [5.74, 6) is 2.11. The summed E-state index contributed by atoms with van der Waals surface area (Å²) in [7, 11) is 0. The Kier molecular flexibility index (Phi) is 5.59. The number of rotatable bonds is 5. The van der Waals surface area contributed by atoms with E-state index in [2.05, 4.69) is 74.7 Å². The molecule has 2 aromatic heterocycles. The number of nitrogens with zero attached hydrogens (tertiary/aromatic N) is 4. The van der Waals surface area contributed by atoms with Crippen LogP contribution >= 0.6 is 0 Å². The number of pyridine rings is 1. The van der Waals surface area contributed by atoms with Gasteiger partial charge < -0.3 is 0 Å². The van der Waals surface area contributed by atoms with Gasteiger partial charge in [0.15, 0.2) is 5.82 Å². The van der Waals surface area contributed by atoms with Crippen LogP contribution < -0.4 is 0 Å². The van der Waals surface area contributed by atoms with Crippen molar-refractivity contribution in [3.63, 3.8) is 0 Å². The van der Waals surface area contributed by atoms with E-state index in [4.69, 9.17) is 4.98 Å². The number of aromatic amines is 1. The number of likely N-dealkylation sites (tertiary alicyclic amines) is 1. The molecule has 1 aliphatic heterocycles. The van der Waals surface area contributed by atoms with Crippen LogP contribution in [0.1, 0.15) is 35.7 Å². The van der Waals surface area contributed by atoms with Gasteiger partial charge in [0.25, 0.3) is 0 Å². The van der Waals surface area contributed by atoms with E-state index in [1.54, 1.807) is 0 Å². The molecule has 0 atom stereocenters. The molecule has 0 bridgehead atoms. The van der Waals surface area contributed by atoms with Crippen LogP contribution in [-0.4, -0.2) is 38.2 Å². The molecule has 0 radical (unpaired) electrons. The van der Waals surface area contributed by atoms with Gasteiger partial charge in [0.05, 0.1) is 0 Å². The topological polar surface area (TPSA) is 57.7 Å². The summed E-state index contributed by atoms with van der Waals surface area (Å²) >= 11 is 0. The van der Waals surface area contributed by atoms with Gasteiger partial charge in [-0.3, -0.25) is 15.0 Å². The van der Waals surface area contributed by atoms with Crippen LogP contribution in [0.25, 0.3) is 22.6 Å². The lowest BCUT2D eigenvalue weighted by Gasteiger charge is -2.30. The molecule has 1 saturated heterocycles. The maximum Gasteiger partial charge on any atom is 0.199 e. The van der Waals surface area contributed by atoms with Crippen LogP contribution in [0.3, 0.4) is 0 Å². The van der Waals surface area contributed by atoms with E-state index in [-0.39, 0.29) is 0 Å². The number of benzene rings is 2. The lowest BCUT2D eigenvalue weighted by atomic mass is 9.95. The lowest BCUT2D eigenvalue weighted by molar-refractivity contribution is 0.202. The number of nitrogens with one attached hydrogen (secondary N) is 1. The van der Waals surface area contributed by atoms with Crippen molar-refractivity contribution >= 4 is 0 Å². The Labute approximate surface area is 183 Å². The highest BCUT2D eigenvalue weighted by Gasteiger charge is 2.23. The van der Waals surface area contributed by atoms with E-state index in [0.29, 0.717) is 11.7 Å². The molecule has 0 saturated carbocycles. The van der Waals surface area contributed by atoms with Gasteiger partial charge in [0.2, 0.25) is 0 Å². The maximum atomic E-state index is 4.73. The first-order valence-corrected chi connectivity index (χ1v) is 11.0. The molecule has 3 heterocycles. The third-order valence-electron chi connectivity index (χ3n) is 6.08. The number of hydrogen-bond donors (Lipinski definition) is 1. The predicted octanol–water partition coefficient (Wildman–Crippen LogP) is 5.22. The standard InChI is InChI=1S/C26H27N5/c1-19-7-12-24(27-17-19)26-28-25(29-30-26)23-13-15-31(16-14-23)18-20-8-10-22(11-9-20)21-5-3-2-4-6-21/h2-12,17,23H,13-16,18H2,1H3,(H,28,29,30). The number of aryl methyl sites for hydroxylation is 1. The third kappa shape index (κ3) is 4.57. The fourth-order valence-corrected chi connectivity index (χ4v) is 4.23. The zero-order valence-electron chi connectivity index (χ0n) is 17.8. The summed E-state index contributed by atoms with van der Waals surface area (Å²) in [6.45, 7) is 5.18. The van der Waals surface area contributed by atoms with Gasteiger partial charge in [-0.05, 0) is 61.2 Å². The molecule has 5 nitrogen and oxygen atoms in total. The van der Waals surface area contributed by atoms with Crippen molar-refractivity contribution in [3.8, 4) is 22.6 Å². The van der Waals surface area contributed by atoms with Gasteiger partial charge >= 0.3 is 0 Å². The largest absolute Gasteiger partial charge is 0.299 e. The van der Waals surface area contributed by atoms with Gasteiger partial charge in [-0.2, -0.15) is 5.10 Å². The molecule has 1 aliphatic rings. The van der Waals surface area contributed by atoms with Crippen molar-refractivity contribution < 1.29 is 0 Å². The Hall–Kier alpha value is -3.31. The maximum absolute atomic E-state index is 4.73. The average Bonchev–Trinajstić information content (AvgIpc) is 3.31. The van der Waals surface area contributed by atoms with Gasteiger partial charge in [0.1, 0.15) is 11.5 Å². The molecular weight excluding hydrogens is 382 g/mol. The van der Waals surface area contributed by atoms with Crippen molar-refractivity contribution in [2.24, 2.45) is 0 Å². The van der Waals surface area contributed by atoms with E-state index in [0.717, 1.165) is 49.6 Å². The molecule has 4 aromatic rings. The lowest BCUT2D eigenvalue weighted by Crippen LogP contribution is -2.32. The van der Waals surface area contributed by atoms with Gasteiger partial charge in [-0.25, -0.2) is 4.98 Å². The minimum atomic E-state index is 0.434. The predicted molar refractivity (Wildman–Crippen MR) is 123 cm³/mol. The summed E-state index contributed by atoms with van der Waals surface area (Å²) < 4.78 is 0. The molecule has 2 aromatic carbocycles. The molecule has 1 fully saturated rings. The van der Waals surface area contributed by atoms with Crippen molar-refractivity contribution in [1.82, 2.24) is 25.1 Å². The minimum absolute atomic E-state index is 0.434. The van der Waals surface area contributed by atoms with Crippen LogP contribution in [-0.2, 0) is 6.54 Å². The monoisotopic (exact) mass is 409 g/mol. The molecule has 0 amide bonds. The summed E-state index contributed by atoms with van der Waals surface area (Å²) in [6, 6.07) is 23.5. The van der Waals surface area contributed by atoms with E-state index in [1.165, 1.54) is 16.7 Å². The SMILES string of the molecule is Cc1ccc(-c2n[nH]c(C3CCN(Cc4ccc(-c5ccccc5)cc4)CC3)n2)nc1. The second kappa shape index (κ2) is 8.82. The molecule has 156 valence electrons. The summed E-state index contributed by atoms with van der Waals surface area (Å²) in [5.41, 5.74) is 5.87. The fourth-order valence-electron chi connectivity index (χ4n) is 4.23. The fraction of sp³-hybridized carbons (Fsp3) is 0.269. The van der Waals surface area contributed by atoms with Crippen molar-refractivity contribution in [2.75, 3.05) is 13.1 Å². The van der Waals surface area contributed by atoms with Crippen LogP contribution in [0.2, 0.25) is 0 Å². The Morgan fingerprint density at radius 2 is 1.65 bits per heavy atom. The van der Waals surface area contributed by atoms with Crippen LogP contribution in [0.4, 0.5) is 0 Å². The summed E-state index contributed by atoms with van der Waals surface area (Å²) in [6.07, 6.45) is 4.05. The van der Waals surface area contributed by atoms with E-state index >= 15 is 0 Å². The molecule has 0 spiro atoms. The summed E-state index contributed by atoms with van der Waals surface area (Å²) in [4.78, 5) is 11.7.